The first-order chi connectivity index (χ1) is 13.7. The number of hydrogen-bond acceptors (Lipinski definition) is 7. The van der Waals surface area contributed by atoms with Crippen LogP contribution in [0.2, 0.25) is 0 Å². The third kappa shape index (κ3) is 4.60. The van der Waals surface area contributed by atoms with E-state index in [-0.39, 0.29) is 55.4 Å². The summed E-state index contributed by atoms with van der Waals surface area (Å²) in [5, 5.41) is -0.366. The summed E-state index contributed by atoms with van der Waals surface area (Å²) in [6.07, 6.45) is 2.26. The van der Waals surface area contributed by atoms with E-state index in [1.54, 1.807) is 0 Å². The number of furan rings is 1. The van der Waals surface area contributed by atoms with Gasteiger partial charge in [-0.25, -0.2) is 8.42 Å². The fourth-order valence-corrected chi connectivity index (χ4v) is 4.79. The van der Waals surface area contributed by atoms with Gasteiger partial charge in [0, 0.05) is 32.7 Å². The molecule has 0 saturated carbocycles. The number of sulfonamides is 1. The molecule has 1 aromatic rings. The molecule has 1 atom stereocenters. The average Bonchev–Trinajstić information content (AvgIpc) is 3.15. The molecule has 3 rings (SSSR count). The summed E-state index contributed by atoms with van der Waals surface area (Å²) < 4.78 is 31.5. The Kier molecular flexibility index (Phi) is 6.24. The number of primary amides is 1. The molecule has 0 aliphatic carbocycles. The Hall–Kier alpha value is -2.44. The predicted molar refractivity (Wildman–Crippen MR) is 101 cm³/mol. The summed E-state index contributed by atoms with van der Waals surface area (Å²) in [6.45, 7) is 0.972. The fraction of sp³-hybridized carbons (Fsp3) is 0.588. The molecule has 2 aliphatic rings. The highest BCUT2D eigenvalue weighted by molar-refractivity contribution is 7.89. The van der Waals surface area contributed by atoms with E-state index in [1.165, 1.54) is 26.2 Å². The summed E-state index contributed by atoms with van der Waals surface area (Å²) in [7, 11) is -3.93. The number of piperazine rings is 1. The fourth-order valence-electron chi connectivity index (χ4n) is 3.45. The quantitative estimate of drug-likeness (QED) is 0.581. The van der Waals surface area contributed by atoms with Gasteiger partial charge >= 0.3 is 0 Å². The van der Waals surface area contributed by atoms with E-state index >= 15 is 0 Å². The minimum atomic E-state index is -3.93. The average molecular weight is 427 g/mol. The molecule has 2 fully saturated rings. The second kappa shape index (κ2) is 8.51. The molecule has 4 N–H and O–H groups in total. The van der Waals surface area contributed by atoms with Crippen molar-refractivity contribution in [2.24, 2.45) is 11.5 Å². The third-order valence-corrected chi connectivity index (χ3v) is 6.93. The van der Waals surface area contributed by atoms with Gasteiger partial charge in [-0.2, -0.15) is 4.31 Å². The van der Waals surface area contributed by atoms with Gasteiger partial charge in [-0.15, -0.1) is 0 Å². The van der Waals surface area contributed by atoms with Crippen LogP contribution in [0.3, 0.4) is 0 Å². The molecule has 1 aromatic heterocycles. The molecule has 2 saturated heterocycles. The lowest BCUT2D eigenvalue weighted by atomic mass is 10.1. The zero-order valence-corrected chi connectivity index (χ0v) is 16.8. The maximum Gasteiger partial charge on any atom is 0.284 e. The Bertz CT molecular complexity index is 890. The SMILES string of the molecule is NC(=O)c1ccc(S(=O)(=O)N2CCN(C(=O)CN3CCCCC(N)C3=O)CC2)o1. The molecule has 0 bridgehead atoms. The molecule has 3 heterocycles. The second-order valence-electron chi connectivity index (χ2n) is 7.13. The van der Waals surface area contributed by atoms with Crippen LogP contribution in [0.5, 0.6) is 0 Å². The van der Waals surface area contributed by atoms with E-state index in [0.29, 0.717) is 13.0 Å². The van der Waals surface area contributed by atoms with Crippen LogP contribution in [0.25, 0.3) is 0 Å². The standard InChI is InChI=1S/C17H25N5O6S/c18-12-3-1-2-6-21(17(12)25)11-14(23)20-7-9-22(10-8-20)29(26,27)15-5-4-13(28-15)16(19)24/h4-5,12H,1-3,6-11,18H2,(H2,19,24). The highest BCUT2D eigenvalue weighted by Crippen LogP contribution is 2.20. The van der Waals surface area contributed by atoms with Crippen LogP contribution in [0.4, 0.5) is 0 Å². The van der Waals surface area contributed by atoms with Crippen LogP contribution >= 0.6 is 0 Å². The zero-order valence-electron chi connectivity index (χ0n) is 16.0. The molecule has 0 radical (unpaired) electrons. The number of carbonyl (C=O) groups is 3. The Morgan fingerprint density at radius 1 is 1.10 bits per heavy atom. The summed E-state index contributed by atoms with van der Waals surface area (Å²) in [4.78, 5) is 39.0. The minimum absolute atomic E-state index is 0.0561. The van der Waals surface area contributed by atoms with Crippen molar-refractivity contribution in [1.82, 2.24) is 14.1 Å². The lowest BCUT2D eigenvalue weighted by Crippen LogP contribution is -2.54. The number of nitrogens with zero attached hydrogens (tertiary/aromatic N) is 3. The van der Waals surface area contributed by atoms with Crippen molar-refractivity contribution in [2.75, 3.05) is 39.3 Å². The van der Waals surface area contributed by atoms with Gasteiger partial charge < -0.3 is 25.7 Å². The number of carbonyl (C=O) groups excluding carboxylic acids is 3. The van der Waals surface area contributed by atoms with E-state index in [1.807, 2.05) is 0 Å². The van der Waals surface area contributed by atoms with Gasteiger partial charge in [0.05, 0.1) is 12.6 Å². The van der Waals surface area contributed by atoms with Crippen LogP contribution in [-0.4, -0.2) is 85.6 Å². The number of rotatable bonds is 5. The Morgan fingerprint density at radius 3 is 2.41 bits per heavy atom. The van der Waals surface area contributed by atoms with Crippen LogP contribution in [0, 0.1) is 0 Å². The molecule has 3 amide bonds. The summed E-state index contributed by atoms with van der Waals surface area (Å²) in [5.41, 5.74) is 10.9. The van der Waals surface area contributed by atoms with Gasteiger partial charge in [0.15, 0.2) is 5.76 Å². The first kappa shape index (κ1) is 21.3. The molecule has 1 unspecified atom stereocenters. The number of amides is 3. The predicted octanol–water partition coefficient (Wildman–Crippen LogP) is -1.45. The molecule has 160 valence electrons. The highest BCUT2D eigenvalue weighted by atomic mass is 32.2. The van der Waals surface area contributed by atoms with Crippen molar-refractivity contribution in [3.05, 3.63) is 17.9 Å². The lowest BCUT2D eigenvalue weighted by Gasteiger charge is -2.34. The van der Waals surface area contributed by atoms with Gasteiger partial charge in [-0.3, -0.25) is 14.4 Å². The van der Waals surface area contributed by atoms with Crippen LogP contribution < -0.4 is 11.5 Å². The Morgan fingerprint density at radius 2 is 1.79 bits per heavy atom. The van der Waals surface area contributed by atoms with E-state index < -0.39 is 22.0 Å². The van der Waals surface area contributed by atoms with E-state index in [2.05, 4.69) is 0 Å². The first-order valence-electron chi connectivity index (χ1n) is 9.42. The van der Waals surface area contributed by atoms with Crippen LogP contribution in [0.15, 0.2) is 21.6 Å². The van der Waals surface area contributed by atoms with E-state index in [4.69, 9.17) is 15.9 Å². The molecular formula is C17H25N5O6S. The van der Waals surface area contributed by atoms with Gasteiger partial charge in [0.25, 0.3) is 15.9 Å². The molecule has 2 aliphatic heterocycles. The van der Waals surface area contributed by atoms with Crippen molar-refractivity contribution in [1.29, 1.82) is 0 Å². The summed E-state index contributed by atoms with van der Waals surface area (Å²) >= 11 is 0. The zero-order chi connectivity index (χ0) is 21.2. The molecule has 0 spiro atoms. The third-order valence-electron chi connectivity index (χ3n) is 5.16. The van der Waals surface area contributed by atoms with Crippen molar-refractivity contribution in [2.45, 2.75) is 30.4 Å². The molecule has 11 nitrogen and oxygen atoms in total. The van der Waals surface area contributed by atoms with Gasteiger partial charge in [0.2, 0.25) is 16.9 Å². The van der Waals surface area contributed by atoms with Gasteiger partial charge in [0.1, 0.15) is 0 Å². The topological polar surface area (TPSA) is 160 Å². The maximum absolute atomic E-state index is 12.6. The smallest absolute Gasteiger partial charge is 0.284 e. The molecule has 0 aromatic carbocycles. The van der Waals surface area contributed by atoms with Gasteiger partial charge in [-0.05, 0) is 31.4 Å². The lowest BCUT2D eigenvalue weighted by molar-refractivity contribution is -0.141. The monoisotopic (exact) mass is 427 g/mol. The maximum atomic E-state index is 12.6. The first-order valence-corrected chi connectivity index (χ1v) is 10.9. The number of hydrogen-bond donors (Lipinski definition) is 2. The van der Waals surface area contributed by atoms with Crippen molar-refractivity contribution >= 4 is 27.7 Å². The van der Waals surface area contributed by atoms with Gasteiger partial charge in [-0.1, -0.05) is 0 Å². The van der Waals surface area contributed by atoms with E-state index in [9.17, 15) is 22.8 Å². The molecule has 29 heavy (non-hydrogen) atoms. The van der Waals surface area contributed by atoms with Crippen molar-refractivity contribution in [3.8, 4) is 0 Å². The summed E-state index contributed by atoms with van der Waals surface area (Å²) in [6, 6.07) is 1.81. The highest BCUT2D eigenvalue weighted by Gasteiger charge is 2.34. The van der Waals surface area contributed by atoms with Crippen molar-refractivity contribution < 1.29 is 27.2 Å². The normalized spacial score (nSPS) is 21.8. The van der Waals surface area contributed by atoms with Crippen LogP contribution in [0.1, 0.15) is 29.8 Å². The largest absolute Gasteiger partial charge is 0.438 e. The van der Waals surface area contributed by atoms with E-state index in [0.717, 1.165) is 12.8 Å². The molecule has 12 heteroatoms. The number of likely N-dealkylation sites (tertiary alicyclic amines) is 1. The Balaban J connectivity index is 1.58. The number of nitrogens with two attached hydrogens (primary N) is 2. The van der Waals surface area contributed by atoms with Crippen LogP contribution in [-0.2, 0) is 19.6 Å². The second-order valence-corrected chi connectivity index (χ2v) is 9.00. The molecular weight excluding hydrogens is 402 g/mol. The summed E-state index contributed by atoms with van der Waals surface area (Å²) in [5.74, 6) is -1.55. The minimum Gasteiger partial charge on any atom is -0.438 e. The Labute approximate surface area is 168 Å². The van der Waals surface area contributed by atoms with Crippen molar-refractivity contribution in [3.63, 3.8) is 0 Å².